The average Bonchev–Trinajstić information content (AvgIpc) is 2.58. The minimum atomic E-state index is 0.617. The van der Waals surface area contributed by atoms with Crippen LogP contribution in [0.1, 0.15) is 33.1 Å². The van der Waals surface area contributed by atoms with E-state index in [0.717, 1.165) is 17.7 Å². The van der Waals surface area contributed by atoms with E-state index in [1.165, 1.54) is 19.3 Å². The molecule has 0 aliphatic heterocycles. The summed E-state index contributed by atoms with van der Waals surface area (Å²) < 4.78 is 1.84. The SMILES string of the molecule is C[C@@H]1CC[C@H](Nc2ccn(C)n2)C[C@H]1C. The second-order valence-electron chi connectivity index (χ2n) is 4.98. The van der Waals surface area contributed by atoms with Crippen LogP contribution in [0, 0.1) is 11.8 Å². The Hall–Kier alpha value is -0.990. The number of hydrogen-bond acceptors (Lipinski definition) is 2. The molecule has 3 nitrogen and oxygen atoms in total. The van der Waals surface area contributed by atoms with Crippen molar-refractivity contribution in [3.05, 3.63) is 12.3 Å². The molecular weight excluding hydrogens is 186 g/mol. The fourth-order valence-electron chi connectivity index (χ4n) is 2.38. The third-order valence-corrected chi connectivity index (χ3v) is 3.66. The maximum Gasteiger partial charge on any atom is 0.148 e. The Kier molecular flexibility index (Phi) is 2.98. The predicted octanol–water partition coefficient (Wildman–Crippen LogP) is 2.66. The highest BCUT2D eigenvalue weighted by Gasteiger charge is 2.24. The number of hydrogen-bond donors (Lipinski definition) is 1. The van der Waals surface area contributed by atoms with Gasteiger partial charge >= 0.3 is 0 Å². The smallest absolute Gasteiger partial charge is 0.148 e. The molecule has 15 heavy (non-hydrogen) atoms. The lowest BCUT2D eigenvalue weighted by Crippen LogP contribution is -2.30. The second-order valence-corrected chi connectivity index (χ2v) is 4.98. The molecule has 2 rings (SSSR count). The van der Waals surface area contributed by atoms with Gasteiger partial charge in [-0.15, -0.1) is 0 Å². The molecule has 0 bridgehead atoms. The predicted molar refractivity (Wildman–Crippen MR) is 62.8 cm³/mol. The van der Waals surface area contributed by atoms with E-state index in [9.17, 15) is 0 Å². The minimum absolute atomic E-state index is 0.617. The van der Waals surface area contributed by atoms with Crippen molar-refractivity contribution in [1.29, 1.82) is 0 Å². The first-order valence-corrected chi connectivity index (χ1v) is 5.91. The third-order valence-electron chi connectivity index (χ3n) is 3.66. The van der Waals surface area contributed by atoms with E-state index >= 15 is 0 Å². The number of aryl methyl sites for hydroxylation is 1. The fourth-order valence-corrected chi connectivity index (χ4v) is 2.38. The number of aromatic nitrogens is 2. The van der Waals surface area contributed by atoms with Crippen molar-refractivity contribution in [3.63, 3.8) is 0 Å². The molecule has 1 aromatic rings. The molecule has 0 radical (unpaired) electrons. The Bertz CT molecular complexity index is 318. The molecule has 3 atom stereocenters. The zero-order valence-electron chi connectivity index (χ0n) is 9.90. The molecule has 1 saturated carbocycles. The first-order valence-electron chi connectivity index (χ1n) is 5.91. The average molecular weight is 207 g/mol. The summed E-state index contributed by atoms with van der Waals surface area (Å²) in [6.07, 6.45) is 5.88. The lowest BCUT2D eigenvalue weighted by Gasteiger charge is -2.32. The summed E-state index contributed by atoms with van der Waals surface area (Å²) in [7, 11) is 1.96. The molecule has 0 spiro atoms. The van der Waals surface area contributed by atoms with Crippen LogP contribution in [0.15, 0.2) is 12.3 Å². The largest absolute Gasteiger partial charge is 0.366 e. The van der Waals surface area contributed by atoms with Crippen LogP contribution in [0.25, 0.3) is 0 Å². The first kappa shape index (κ1) is 10.5. The quantitative estimate of drug-likeness (QED) is 0.808. The van der Waals surface area contributed by atoms with Crippen molar-refractivity contribution in [2.24, 2.45) is 18.9 Å². The van der Waals surface area contributed by atoms with E-state index < -0.39 is 0 Å². The van der Waals surface area contributed by atoms with E-state index in [1.807, 2.05) is 24.0 Å². The summed E-state index contributed by atoms with van der Waals surface area (Å²) in [4.78, 5) is 0. The highest BCUT2D eigenvalue weighted by atomic mass is 15.3. The van der Waals surface area contributed by atoms with Gasteiger partial charge in [0.2, 0.25) is 0 Å². The van der Waals surface area contributed by atoms with E-state index in [4.69, 9.17) is 0 Å². The van der Waals surface area contributed by atoms with Gasteiger partial charge in [-0.25, -0.2) is 0 Å². The highest BCUT2D eigenvalue weighted by molar-refractivity contribution is 5.33. The molecule has 1 N–H and O–H groups in total. The standard InChI is InChI=1S/C12H21N3/c1-9-4-5-11(8-10(9)2)13-12-6-7-15(3)14-12/h6-7,9-11H,4-5,8H2,1-3H3,(H,13,14)/t9-,10-,11+/m1/s1. The van der Waals surface area contributed by atoms with Crippen molar-refractivity contribution in [2.45, 2.75) is 39.2 Å². The molecule has 0 aromatic carbocycles. The minimum Gasteiger partial charge on any atom is -0.366 e. The topological polar surface area (TPSA) is 29.9 Å². The summed E-state index contributed by atoms with van der Waals surface area (Å²) >= 11 is 0. The van der Waals surface area contributed by atoms with E-state index in [0.29, 0.717) is 6.04 Å². The maximum absolute atomic E-state index is 4.35. The van der Waals surface area contributed by atoms with E-state index in [1.54, 1.807) is 0 Å². The third kappa shape index (κ3) is 2.52. The molecule has 0 saturated heterocycles. The van der Waals surface area contributed by atoms with Crippen LogP contribution in [-0.2, 0) is 7.05 Å². The van der Waals surface area contributed by atoms with Gasteiger partial charge in [0.25, 0.3) is 0 Å². The normalized spacial score (nSPS) is 31.5. The Morgan fingerprint density at radius 3 is 2.73 bits per heavy atom. The Morgan fingerprint density at radius 1 is 1.33 bits per heavy atom. The van der Waals surface area contributed by atoms with Gasteiger partial charge in [0.05, 0.1) is 0 Å². The first-order chi connectivity index (χ1) is 7.15. The summed E-state index contributed by atoms with van der Waals surface area (Å²) in [5.41, 5.74) is 0. The van der Waals surface area contributed by atoms with Gasteiger partial charge in [-0.1, -0.05) is 13.8 Å². The van der Waals surface area contributed by atoms with Crippen LogP contribution < -0.4 is 5.32 Å². The fraction of sp³-hybridized carbons (Fsp3) is 0.750. The van der Waals surface area contributed by atoms with Crippen molar-refractivity contribution in [3.8, 4) is 0 Å². The number of rotatable bonds is 2. The van der Waals surface area contributed by atoms with Gasteiger partial charge in [0, 0.05) is 25.4 Å². The van der Waals surface area contributed by atoms with Crippen LogP contribution in [0.5, 0.6) is 0 Å². The van der Waals surface area contributed by atoms with Crippen LogP contribution >= 0.6 is 0 Å². The van der Waals surface area contributed by atoms with Crippen molar-refractivity contribution in [2.75, 3.05) is 5.32 Å². The van der Waals surface area contributed by atoms with E-state index in [-0.39, 0.29) is 0 Å². The molecule has 84 valence electrons. The molecule has 1 fully saturated rings. The van der Waals surface area contributed by atoms with Crippen molar-refractivity contribution in [1.82, 2.24) is 9.78 Å². The molecular formula is C12H21N3. The molecule has 0 unspecified atom stereocenters. The number of anilines is 1. The summed E-state index contributed by atoms with van der Waals surface area (Å²) in [5.74, 6) is 2.73. The van der Waals surface area contributed by atoms with E-state index in [2.05, 4.69) is 24.3 Å². The molecule has 3 heteroatoms. The lowest BCUT2D eigenvalue weighted by atomic mass is 9.79. The van der Waals surface area contributed by atoms with Gasteiger partial charge in [-0.3, -0.25) is 4.68 Å². The summed E-state index contributed by atoms with van der Waals surface area (Å²) in [6.45, 7) is 4.72. The summed E-state index contributed by atoms with van der Waals surface area (Å²) in [5, 5.41) is 7.88. The summed E-state index contributed by atoms with van der Waals surface area (Å²) in [6, 6.07) is 2.66. The van der Waals surface area contributed by atoms with Gasteiger partial charge in [-0.2, -0.15) is 5.10 Å². The molecule has 1 aliphatic carbocycles. The van der Waals surface area contributed by atoms with Crippen LogP contribution in [0.3, 0.4) is 0 Å². The van der Waals surface area contributed by atoms with Crippen LogP contribution in [-0.4, -0.2) is 15.8 Å². The van der Waals surface area contributed by atoms with Crippen LogP contribution in [0.2, 0.25) is 0 Å². The highest BCUT2D eigenvalue weighted by Crippen LogP contribution is 2.30. The molecule has 0 amide bonds. The number of nitrogens with zero attached hydrogens (tertiary/aromatic N) is 2. The number of nitrogens with one attached hydrogen (secondary N) is 1. The second kappa shape index (κ2) is 4.25. The molecule has 1 heterocycles. The Labute approximate surface area is 91.9 Å². The Balaban J connectivity index is 1.90. The molecule has 1 aliphatic rings. The van der Waals surface area contributed by atoms with Crippen molar-refractivity contribution >= 4 is 5.82 Å². The van der Waals surface area contributed by atoms with Gasteiger partial charge < -0.3 is 5.32 Å². The monoisotopic (exact) mass is 207 g/mol. The maximum atomic E-state index is 4.35. The molecule has 1 aromatic heterocycles. The van der Waals surface area contributed by atoms with Crippen molar-refractivity contribution < 1.29 is 0 Å². The van der Waals surface area contributed by atoms with Gasteiger partial charge in [0.1, 0.15) is 5.82 Å². The van der Waals surface area contributed by atoms with Gasteiger partial charge in [0.15, 0.2) is 0 Å². The van der Waals surface area contributed by atoms with Crippen LogP contribution in [0.4, 0.5) is 5.82 Å². The Morgan fingerprint density at radius 2 is 2.13 bits per heavy atom. The zero-order valence-corrected chi connectivity index (χ0v) is 9.90. The lowest BCUT2D eigenvalue weighted by molar-refractivity contribution is 0.260. The van der Waals surface area contributed by atoms with Gasteiger partial charge in [-0.05, 0) is 31.1 Å². The zero-order chi connectivity index (χ0) is 10.8.